The van der Waals surface area contributed by atoms with Crippen LogP contribution in [-0.2, 0) is 20.8 Å². The molecule has 114 valence electrons. The largest absolute Gasteiger partial charge is 0.481 e. The Kier molecular flexibility index (Phi) is 5.77. The zero-order chi connectivity index (χ0) is 16.0. The Bertz CT molecular complexity index is 561. The zero-order valence-corrected chi connectivity index (χ0v) is 10.8. The van der Waals surface area contributed by atoms with Crippen LogP contribution in [0.15, 0.2) is 18.2 Å². The van der Waals surface area contributed by atoms with E-state index >= 15 is 0 Å². The normalized spacial score (nSPS) is 11.7. The van der Waals surface area contributed by atoms with E-state index in [0.717, 1.165) is 12.1 Å². The number of carboxylic acid groups (broad SMARTS) is 2. The summed E-state index contributed by atoms with van der Waals surface area (Å²) in [5.74, 6) is -5.44. The maximum Gasteiger partial charge on any atom is 0.326 e. The van der Waals surface area contributed by atoms with Gasteiger partial charge in [-0.2, -0.15) is 0 Å². The van der Waals surface area contributed by atoms with Crippen LogP contribution in [0.4, 0.5) is 8.78 Å². The molecule has 6 nitrogen and oxygen atoms in total. The minimum Gasteiger partial charge on any atom is -0.481 e. The van der Waals surface area contributed by atoms with E-state index in [9.17, 15) is 23.2 Å². The van der Waals surface area contributed by atoms with Gasteiger partial charge in [-0.25, -0.2) is 13.6 Å². The molecule has 1 aromatic rings. The van der Waals surface area contributed by atoms with Crippen molar-refractivity contribution in [2.75, 3.05) is 0 Å². The number of rotatable bonds is 7. The molecule has 0 aromatic heterocycles. The van der Waals surface area contributed by atoms with Crippen molar-refractivity contribution < 1.29 is 33.4 Å². The van der Waals surface area contributed by atoms with Crippen molar-refractivity contribution in [1.29, 1.82) is 0 Å². The number of carboxylic acids is 2. The van der Waals surface area contributed by atoms with Crippen molar-refractivity contribution in [2.45, 2.75) is 25.3 Å². The third kappa shape index (κ3) is 5.55. The first-order valence-corrected chi connectivity index (χ1v) is 5.97. The molecule has 8 heteroatoms. The van der Waals surface area contributed by atoms with Crippen LogP contribution in [-0.4, -0.2) is 34.1 Å². The molecule has 0 heterocycles. The van der Waals surface area contributed by atoms with Crippen molar-refractivity contribution in [3.8, 4) is 0 Å². The van der Waals surface area contributed by atoms with Gasteiger partial charge < -0.3 is 15.5 Å². The van der Waals surface area contributed by atoms with Crippen LogP contribution in [0.3, 0.4) is 0 Å². The molecule has 1 rings (SSSR count). The summed E-state index contributed by atoms with van der Waals surface area (Å²) in [6.45, 7) is 0. The molecule has 0 aliphatic rings. The third-order valence-corrected chi connectivity index (χ3v) is 2.63. The molecule has 0 fully saturated rings. The lowest BCUT2D eigenvalue weighted by atomic mass is 10.1. The lowest BCUT2D eigenvalue weighted by Gasteiger charge is -2.13. The van der Waals surface area contributed by atoms with Gasteiger partial charge in [0.1, 0.15) is 6.04 Å². The summed E-state index contributed by atoms with van der Waals surface area (Å²) in [6.07, 6.45) is -1.02. The minimum atomic E-state index is -1.37. The third-order valence-electron chi connectivity index (χ3n) is 2.63. The molecule has 0 bridgehead atoms. The maximum absolute atomic E-state index is 13.0. The molecule has 0 spiro atoms. The smallest absolute Gasteiger partial charge is 0.326 e. The van der Waals surface area contributed by atoms with Crippen molar-refractivity contribution >= 4 is 17.8 Å². The van der Waals surface area contributed by atoms with Crippen LogP contribution in [0.25, 0.3) is 0 Å². The average molecular weight is 301 g/mol. The molecule has 0 saturated heterocycles. The fourth-order valence-corrected chi connectivity index (χ4v) is 1.61. The van der Waals surface area contributed by atoms with Gasteiger partial charge in [0.15, 0.2) is 11.6 Å². The summed E-state index contributed by atoms with van der Waals surface area (Å²) in [5.41, 5.74) is 0.175. The topological polar surface area (TPSA) is 104 Å². The summed E-state index contributed by atoms with van der Waals surface area (Å²) in [6, 6.07) is 1.54. The van der Waals surface area contributed by atoms with E-state index in [1.54, 1.807) is 0 Å². The van der Waals surface area contributed by atoms with Crippen LogP contribution < -0.4 is 5.32 Å². The van der Waals surface area contributed by atoms with E-state index in [-0.39, 0.29) is 18.4 Å². The summed E-state index contributed by atoms with van der Waals surface area (Å²) in [5, 5.41) is 19.5. The predicted octanol–water partition coefficient (Wildman–Crippen LogP) is 0.942. The lowest BCUT2D eigenvalue weighted by molar-refractivity contribution is -0.143. The molecule has 0 radical (unpaired) electrons. The highest BCUT2D eigenvalue weighted by atomic mass is 19.2. The molecule has 3 N–H and O–H groups in total. The SMILES string of the molecule is O=C(O)CCC(NC(=O)Cc1ccc(F)c(F)c1)C(=O)O. The van der Waals surface area contributed by atoms with E-state index in [0.29, 0.717) is 0 Å². The number of hydrogen-bond acceptors (Lipinski definition) is 3. The van der Waals surface area contributed by atoms with Crippen LogP contribution in [0, 0.1) is 11.6 Å². The van der Waals surface area contributed by atoms with E-state index < -0.39 is 41.9 Å². The van der Waals surface area contributed by atoms with E-state index in [2.05, 4.69) is 5.32 Å². The van der Waals surface area contributed by atoms with Gasteiger partial charge in [0.2, 0.25) is 5.91 Å². The highest BCUT2D eigenvalue weighted by molar-refractivity contribution is 5.85. The second-order valence-corrected chi connectivity index (χ2v) is 4.32. The maximum atomic E-state index is 13.0. The molecule has 21 heavy (non-hydrogen) atoms. The standard InChI is InChI=1S/C13H13F2NO5/c14-8-2-1-7(5-9(8)15)6-11(17)16-10(13(20)21)3-4-12(18)19/h1-2,5,10H,3-4,6H2,(H,16,17)(H,18,19)(H,20,21). The van der Waals surface area contributed by atoms with Gasteiger partial charge in [-0.15, -0.1) is 0 Å². The summed E-state index contributed by atoms with van der Waals surface area (Å²) in [4.78, 5) is 32.9. The zero-order valence-electron chi connectivity index (χ0n) is 10.8. The van der Waals surface area contributed by atoms with Crippen LogP contribution in [0.2, 0.25) is 0 Å². The Hall–Kier alpha value is -2.51. The number of amides is 1. The highest BCUT2D eigenvalue weighted by Crippen LogP contribution is 2.09. The van der Waals surface area contributed by atoms with E-state index in [1.807, 2.05) is 0 Å². The van der Waals surface area contributed by atoms with E-state index in [1.165, 1.54) is 6.07 Å². The summed E-state index contributed by atoms with van der Waals surface area (Å²) in [7, 11) is 0. The molecule has 0 aliphatic carbocycles. The molecule has 1 aromatic carbocycles. The molecule has 0 saturated carbocycles. The fourth-order valence-electron chi connectivity index (χ4n) is 1.61. The second-order valence-electron chi connectivity index (χ2n) is 4.32. The summed E-state index contributed by atoms with van der Waals surface area (Å²) < 4.78 is 25.7. The molecular weight excluding hydrogens is 288 g/mol. The molecule has 1 amide bonds. The second kappa shape index (κ2) is 7.32. The van der Waals surface area contributed by atoms with Gasteiger partial charge in [-0.3, -0.25) is 9.59 Å². The number of nitrogens with one attached hydrogen (secondary N) is 1. The molecule has 1 unspecified atom stereocenters. The summed E-state index contributed by atoms with van der Waals surface area (Å²) >= 11 is 0. The number of hydrogen-bond donors (Lipinski definition) is 3. The first-order valence-electron chi connectivity index (χ1n) is 5.97. The fraction of sp³-hybridized carbons (Fsp3) is 0.308. The van der Waals surface area contributed by atoms with Crippen LogP contribution in [0.5, 0.6) is 0 Å². The average Bonchev–Trinajstić information content (AvgIpc) is 2.38. The van der Waals surface area contributed by atoms with Crippen LogP contribution in [0.1, 0.15) is 18.4 Å². The number of benzene rings is 1. The van der Waals surface area contributed by atoms with Gasteiger partial charge in [0.25, 0.3) is 0 Å². The number of carbonyl (C=O) groups is 3. The van der Waals surface area contributed by atoms with Gasteiger partial charge in [0, 0.05) is 6.42 Å². The molecule has 1 atom stereocenters. The van der Waals surface area contributed by atoms with E-state index in [4.69, 9.17) is 10.2 Å². The quantitative estimate of drug-likeness (QED) is 0.695. The van der Waals surface area contributed by atoms with Gasteiger partial charge in [-0.05, 0) is 24.1 Å². The number of carbonyl (C=O) groups excluding carboxylic acids is 1. The highest BCUT2D eigenvalue weighted by Gasteiger charge is 2.21. The Morgan fingerprint density at radius 1 is 1.14 bits per heavy atom. The van der Waals surface area contributed by atoms with Crippen molar-refractivity contribution in [1.82, 2.24) is 5.32 Å². The van der Waals surface area contributed by atoms with Crippen molar-refractivity contribution in [2.24, 2.45) is 0 Å². The Morgan fingerprint density at radius 2 is 1.81 bits per heavy atom. The monoisotopic (exact) mass is 301 g/mol. The Balaban J connectivity index is 2.62. The predicted molar refractivity (Wildman–Crippen MR) is 66.5 cm³/mol. The minimum absolute atomic E-state index is 0.175. The van der Waals surface area contributed by atoms with Crippen molar-refractivity contribution in [3.63, 3.8) is 0 Å². The van der Waals surface area contributed by atoms with Crippen molar-refractivity contribution in [3.05, 3.63) is 35.4 Å². The first kappa shape index (κ1) is 16.5. The number of halogens is 2. The van der Waals surface area contributed by atoms with Gasteiger partial charge in [0.05, 0.1) is 6.42 Å². The lowest BCUT2D eigenvalue weighted by Crippen LogP contribution is -2.41. The van der Waals surface area contributed by atoms with Crippen LogP contribution >= 0.6 is 0 Å². The first-order chi connectivity index (χ1) is 9.79. The number of aliphatic carboxylic acids is 2. The van der Waals surface area contributed by atoms with Gasteiger partial charge in [-0.1, -0.05) is 6.07 Å². The Morgan fingerprint density at radius 3 is 2.33 bits per heavy atom. The molecular formula is C13H13F2NO5. The Labute approximate surface area is 118 Å². The molecule has 0 aliphatic heterocycles. The van der Waals surface area contributed by atoms with Gasteiger partial charge >= 0.3 is 11.9 Å².